The van der Waals surface area contributed by atoms with Gasteiger partial charge in [0.25, 0.3) is 0 Å². The third kappa shape index (κ3) is 4.75. The van der Waals surface area contributed by atoms with Crippen LogP contribution in [0.5, 0.6) is 0 Å². The molecule has 0 saturated heterocycles. The van der Waals surface area contributed by atoms with Crippen LogP contribution in [0.25, 0.3) is 22.4 Å². The zero-order valence-corrected chi connectivity index (χ0v) is 20.9. The molecule has 6 rings (SSSR count). The maximum absolute atomic E-state index is 13.6. The van der Waals surface area contributed by atoms with Gasteiger partial charge < -0.3 is 21.4 Å². The molecule has 2 fully saturated rings. The second kappa shape index (κ2) is 10.0. The molecule has 3 heterocycles. The van der Waals surface area contributed by atoms with Gasteiger partial charge in [0.2, 0.25) is 5.95 Å². The van der Waals surface area contributed by atoms with Crippen molar-refractivity contribution in [1.82, 2.24) is 24.5 Å². The number of anilines is 2. The molecular formula is C28H33FN8. The molecule has 0 radical (unpaired) electrons. The Balaban J connectivity index is 1.31. The first-order chi connectivity index (χ1) is 18.1. The van der Waals surface area contributed by atoms with Crippen LogP contribution in [0.2, 0.25) is 0 Å². The van der Waals surface area contributed by atoms with Crippen LogP contribution in [0.4, 0.5) is 16.2 Å². The topological polar surface area (TPSA) is 121 Å². The van der Waals surface area contributed by atoms with E-state index in [0.29, 0.717) is 18.4 Å². The molecule has 0 amide bonds. The van der Waals surface area contributed by atoms with Crippen LogP contribution in [0.3, 0.4) is 0 Å². The average Bonchev–Trinajstić information content (AvgIpc) is 3.56. The van der Waals surface area contributed by atoms with Crippen LogP contribution < -0.4 is 16.8 Å². The van der Waals surface area contributed by atoms with Crippen molar-refractivity contribution in [2.45, 2.75) is 75.9 Å². The molecule has 3 aromatic heterocycles. The predicted octanol–water partition coefficient (Wildman–Crippen LogP) is 5.32. The quantitative estimate of drug-likeness (QED) is 0.328. The number of rotatable bonds is 6. The first-order valence-electron chi connectivity index (χ1n) is 13.3. The number of nitrogens with one attached hydrogen (secondary N) is 1. The number of aromatic nitrogens is 5. The van der Waals surface area contributed by atoms with Crippen LogP contribution in [0, 0.1) is 5.82 Å². The highest BCUT2D eigenvalue weighted by atomic mass is 19.1. The normalized spacial score (nSPS) is 20.5. The summed E-state index contributed by atoms with van der Waals surface area (Å²) >= 11 is 0. The highest BCUT2D eigenvalue weighted by Crippen LogP contribution is 2.40. The summed E-state index contributed by atoms with van der Waals surface area (Å²) < 4.78 is 15.9. The number of fused-ring (bicyclic) bond motifs is 1. The van der Waals surface area contributed by atoms with Gasteiger partial charge in [-0.25, -0.2) is 9.37 Å². The highest BCUT2D eigenvalue weighted by molar-refractivity contribution is 5.85. The van der Waals surface area contributed by atoms with Gasteiger partial charge in [-0.1, -0.05) is 43.9 Å². The molecule has 4 aromatic rings. The van der Waals surface area contributed by atoms with Crippen LogP contribution in [-0.4, -0.2) is 30.5 Å². The maximum atomic E-state index is 13.6. The molecular weight excluding hydrogens is 467 g/mol. The Kier molecular flexibility index (Phi) is 6.46. The summed E-state index contributed by atoms with van der Waals surface area (Å²) in [4.78, 5) is 18.9. The molecule has 0 bridgehead atoms. The number of benzene rings is 1. The highest BCUT2D eigenvalue weighted by Gasteiger charge is 2.33. The average molecular weight is 501 g/mol. The summed E-state index contributed by atoms with van der Waals surface area (Å²) in [6.07, 6.45) is 10.9. The van der Waals surface area contributed by atoms with E-state index < -0.39 is 0 Å². The number of pyridine rings is 1. The summed E-state index contributed by atoms with van der Waals surface area (Å²) in [5.41, 5.74) is 16.8. The third-order valence-corrected chi connectivity index (χ3v) is 7.83. The molecule has 0 aliphatic heterocycles. The van der Waals surface area contributed by atoms with Gasteiger partial charge in [0.05, 0.1) is 5.69 Å². The minimum atomic E-state index is -0.277. The molecule has 2 aliphatic carbocycles. The van der Waals surface area contributed by atoms with Crippen molar-refractivity contribution < 1.29 is 4.39 Å². The van der Waals surface area contributed by atoms with Gasteiger partial charge in [-0.15, -0.1) is 0 Å². The fourth-order valence-electron chi connectivity index (χ4n) is 5.93. The Morgan fingerprint density at radius 1 is 0.973 bits per heavy atom. The first-order valence-corrected chi connectivity index (χ1v) is 13.3. The lowest BCUT2D eigenvalue weighted by atomic mass is 9.84. The fraction of sp³-hybridized carbons (Fsp3) is 0.429. The van der Waals surface area contributed by atoms with Crippen LogP contribution >= 0.6 is 0 Å². The zero-order valence-electron chi connectivity index (χ0n) is 20.9. The van der Waals surface area contributed by atoms with E-state index in [4.69, 9.17) is 16.5 Å². The largest absolute Gasteiger partial charge is 0.368 e. The zero-order chi connectivity index (χ0) is 25.4. The van der Waals surface area contributed by atoms with Crippen molar-refractivity contribution in [3.05, 3.63) is 59.8 Å². The molecule has 2 unspecified atom stereocenters. The van der Waals surface area contributed by atoms with Crippen molar-refractivity contribution >= 4 is 22.9 Å². The molecule has 2 aliphatic rings. The molecule has 2 atom stereocenters. The lowest BCUT2D eigenvalue weighted by Crippen LogP contribution is -2.33. The summed E-state index contributed by atoms with van der Waals surface area (Å²) in [5, 5.41) is 3.42. The molecule has 1 aromatic carbocycles. The van der Waals surface area contributed by atoms with Crippen molar-refractivity contribution in [2.24, 2.45) is 5.73 Å². The van der Waals surface area contributed by atoms with Crippen LogP contribution in [0.15, 0.2) is 42.6 Å². The fourth-order valence-corrected chi connectivity index (χ4v) is 5.93. The van der Waals surface area contributed by atoms with E-state index in [1.54, 1.807) is 12.3 Å². The number of nitrogens with two attached hydrogens (primary N) is 2. The lowest BCUT2D eigenvalue weighted by molar-refractivity contribution is 0.354. The number of hydrogen-bond acceptors (Lipinski definition) is 7. The van der Waals surface area contributed by atoms with Gasteiger partial charge in [-0.2, -0.15) is 9.97 Å². The second-order valence-corrected chi connectivity index (χ2v) is 10.4. The summed E-state index contributed by atoms with van der Waals surface area (Å²) in [6.45, 7) is 0.497. The Morgan fingerprint density at radius 3 is 2.54 bits per heavy atom. The van der Waals surface area contributed by atoms with Crippen molar-refractivity contribution in [1.29, 1.82) is 0 Å². The van der Waals surface area contributed by atoms with E-state index in [-0.39, 0.29) is 23.7 Å². The number of nitrogen functional groups attached to an aromatic ring is 1. The predicted molar refractivity (Wildman–Crippen MR) is 143 cm³/mol. The van der Waals surface area contributed by atoms with Gasteiger partial charge in [0.1, 0.15) is 11.6 Å². The van der Waals surface area contributed by atoms with Crippen molar-refractivity contribution in [3.63, 3.8) is 0 Å². The minimum absolute atomic E-state index is 0.107. The van der Waals surface area contributed by atoms with Crippen molar-refractivity contribution in [3.8, 4) is 11.3 Å². The van der Waals surface area contributed by atoms with Gasteiger partial charge >= 0.3 is 0 Å². The molecule has 9 heteroatoms. The van der Waals surface area contributed by atoms with E-state index in [1.165, 1.54) is 37.8 Å². The van der Waals surface area contributed by atoms with Crippen molar-refractivity contribution in [2.75, 3.05) is 11.1 Å². The van der Waals surface area contributed by atoms with E-state index in [1.807, 2.05) is 18.2 Å². The molecule has 192 valence electrons. The van der Waals surface area contributed by atoms with E-state index >= 15 is 0 Å². The van der Waals surface area contributed by atoms with Crippen LogP contribution in [0.1, 0.15) is 74.7 Å². The summed E-state index contributed by atoms with van der Waals surface area (Å²) in [5.74, 6) is 1.84. The summed E-state index contributed by atoms with van der Waals surface area (Å²) in [6, 6.07) is 10.8. The van der Waals surface area contributed by atoms with Gasteiger partial charge in [0.15, 0.2) is 17.0 Å². The molecule has 2 saturated carbocycles. The Labute approximate surface area is 215 Å². The third-order valence-electron chi connectivity index (χ3n) is 7.83. The molecule has 0 spiro atoms. The number of nitrogens with zero attached hydrogens (tertiary/aromatic N) is 5. The number of hydrogen-bond donors (Lipinski definition) is 3. The Bertz CT molecular complexity index is 1390. The molecule has 5 N–H and O–H groups in total. The molecule has 37 heavy (non-hydrogen) atoms. The van der Waals surface area contributed by atoms with Crippen LogP contribution in [-0.2, 0) is 6.54 Å². The first kappa shape index (κ1) is 23.8. The van der Waals surface area contributed by atoms with Gasteiger partial charge in [-0.05, 0) is 49.4 Å². The number of halogens is 1. The standard InChI is InChI=1S/C28H33FN8/c29-19-7-5-6-18(14-19)23-13-12-17(15-32-23)16-33-25-24-27(36-28(31)35-25)37(20-8-1-2-9-20)26(34-24)21-10-3-4-11-22(21)30/h5-7,12-15,20-22H,1-4,8-11,16,30H2,(H3,31,33,35,36). The van der Waals surface area contributed by atoms with E-state index in [9.17, 15) is 4.39 Å². The summed E-state index contributed by atoms with van der Waals surface area (Å²) in [7, 11) is 0. The van der Waals surface area contributed by atoms with E-state index in [0.717, 1.165) is 59.5 Å². The smallest absolute Gasteiger partial charge is 0.224 e. The van der Waals surface area contributed by atoms with Gasteiger partial charge in [-0.3, -0.25) is 4.98 Å². The Morgan fingerprint density at radius 2 is 1.78 bits per heavy atom. The monoisotopic (exact) mass is 500 g/mol. The number of imidazole rings is 1. The van der Waals surface area contributed by atoms with Gasteiger partial charge in [0, 0.05) is 36.3 Å². The Hall–Kier alpha value is -3.59. The SMILES string of the molecule is Nc1nc(NCc2ccc(-c3cccc(F)c3)nc2)c2nc(C3CCCCC3N)n(C3CCCC3)c2n1. The maximum Gasteiger partial charge on any atom is 0.224 e. The van der Waals surface area contributed by atoms with E-state index in [2.05, 4.69) is 24.8 Å². The minimum Gasteiger partial charge on any atom is -0.368 e. The lowest BCUT2D eigenvalue weighted by Gasteiger charge is -2.29. The molecule has 8 nitrogen and oxygen atoms in total. The second-order valence-electron chi connectivity index (χ2n) is 10.4.